The van der Waals surface area contributed by atoms with Crippen molar-refractivity contribution in [1.82, 2.24) is 10.1 Å². The third-order valence-electron chi connectivity index (χ3n) is 4.14. The Morgan fingerprint density at radius 1 is 1.38 bits per heavy atom. The van der Waals surface area contributed by atoms with Crippen molar-refractivity contribution in [3.8, 4) is 0 Å². The van der Waals surface area contributed by atoms with Crippen molar-refractivity contribution in [2.24, 2.45) is 0 Å². The molecule has 1 aromatic carbocycles. The van der Waals surface area contributed by atoms with E-state index in [2.05, 4.69) is 23.1 Å². The molecular weight excluding hydrogens is 266 g/mol. The van der Waals surface area contributed by atoms with Gasteiger partial charge in [-0.15, -0.1) is 0 Å². The van der Waals surface area contributed by atoms with E-state index in [0.717, 1.165) is 17.7 Å². The maximum atomic E-state index is 12.3. The van der Waals surface area contributed by atoms with Crippen LogP contribution in [0.25, 0.3) is 0 Å². The van der Waals surface area contributed by atoms with E-state index in [1.165, 1.54) is 5.56 Å². The predicted octanol–water partition coefficient (Wildman–Crippen LogP) is 2.77. The van der Waals surface area contributed by atoms with Crippen LogP contribution in [0, 0.1) is 13.8 Å². The van der Waals surface area contributed by atoms with Gasteiger partial charge in [-0.1, -0.05) is 24.2 Å². The Labute approximate surface area is 124 Å². The summed E-state index contributed by atoms with van der Waals surface area (Å²) in [6.45, 7) is 6.70. The fraction of sp³-hybridized carbons (Fsp3) is 0.438. The number of aromatic nitrogens is 2. The Balaban J connectivity index is 1.86. The quantitative estimate of drug-likeness (QED) is 0.870. The third-order valence-corrected chi connectivity index (χ3v) is 4.14. The van der Waals surface area contributed by atoms with E-state index in [4.69, 9.17) is 4.52 Å². The molecule has 0 N–H and O–H groups in total. The highest BCUT2D eigenvalue weighted by Crippen LogP contribution is 2.33. The van der Waals surface area contributed by atoms with E-state index in [1.807, 2.05) is 30.9 Å². The van der Waals surface area contributed by atoms with Crippen molar-refractivity contribution < 1.29 is 9.32 Å². The van der Waals surface area contributed by atoms with E-state index in [-0.39, 0.29) is 11.8 Å². The predicted molar refractivity (Wildman–Crippen MR) is 79.3 cm³/mol. The van der Waals surface area contributed by atoms with Gasteiger partial charge >= 0.3 is 0 Å². The zero-order valence-electron chi connectivity index (χ0n) is 12.6. The smallest absolute Gasteiger partial charge is 0.232 e. The summed E-state index contributed by atoms with van der Waals surface area (Å²) in [5.41, 5.74) is 3.32. The molecule has 1 aromatic heterocycles. The number of carbonyl (C=O) groups excluding carboxylic acids is 1. The van der Waals surface area contributed by atoms with Gasteiger partial charge in [0, 0.05) is 25.1 Å². The third kappa shape index (κ3) is 2.44. The summed E-state index contributed by atoms with van der Waals surface area (Å²) in [6.07, 6.45) is 1.17. The summed E-state index contributed by atoms with van der Waals surface area (Å²) in [6, 6.07) is 6.04. The first-order valence-corrected chi connectivity index (χ1v) is 7.29. The number of aryl methyl sites for hydroxylation is 2. The first-order valence-electron chi connectivity index (χ1n) is 7.29. The molecule has 2 heterocycles. The molecule has 0 radical (unpaired) electrons. The second-order valence-corrected chi connectivity index (χ2v) is 5.53. The number of hydrogen-bond acceptors (Lipinski definition) is 4. The summed E-state index contributed by atoms with van der Waals surface area (Å²) < 4.78 is 5.29. The van der Waals surface area contributed by atoms with E-state index < -0.39 is 0 Å². The minimum atomic E-state index is -0.00906. The van der Waals surface area contributed by atoms with Gasteiger partial charge in [0.25, 0.3) is 0 Å². The molecule has 3 rings (SSSR count). The van der Waals surface area contributed by atoms with Gasteiger partial charge in [-0.2, -0.15) is 4.98 Å². The Kier molecular flexibility index (Phi) is 3.49. The van der Waals surface area contributed by atoms with Gasteiger partial charge in [0.2, 0.25) is 11.8 Å². The maximum Gasteiger partial charge on any atom is 0.232 e. The lowest BCUT2D eigenvalue weighted by molar-refractivity contribution is -0.117. The highest BCUT2D eigenvalue weighted by atomic mass is 16.5. The Morgan fingerprint density at radius 3 is 2.90 bits per heavy atom. The molecule has 5 nitrogen and oxygen atoms in total. The van der Waals surface area contributed by atoms with E-state index in [0.29, 0.717) is 24.7 Å². The van der Waals surface area contributed by atoms with Crippen LogP contribution in [0.3, 0.4) is 0 Å². The molecule has 1 saturated heterocycles. The van der Waals surface area contributed by atoms with Crippen LogP contribution in [0.4, 0.5) is 5.69 Å². The van der Waals surface area contributed by atoms with Gasteiger partial charge in [-0.25, -0.2) is 0 Å². The first kappa shape index (κ1) is 13.8. The molecule has 1 amide bonds. The van der Waals surface area contributed by atoms with Crippen LogP contribution in [0.15, 0.2) is 22.7 Å². The van der Waals surface area contributed by atoms with Crippen LogP contribution in [0.1, 0.15) is 42.1 Å². The molecule has 1 unspecified atom stereocenters. The van der Waals surface area contributed by atoms with Gasteiger partial charge in [0.1, 0.15) is 0 Å². The molecule has 1 aliphatic rings. The summed E-state index contributed by atoms with van der Waals surface area (Å²) in [7, 11) is 0. The van der Waals surface area contributed by atoms with Gasteiger partial charge in [-0.05, 0) is 31.0 Å². The highest BCUT2D eigenvalue weighted by Gasteiger charge is 2.35. The molecule has 2 aromatic rings. The summed E-state index contributed by atoms with van der Waals surface area (Å²) in [5.74, 6) is 1.38. The Hall–Kier alpha value is -2.17. The van der Waals surface area contributed by atoms with Crippen molar-refractivity contribution in [2.45, 2.75) is 39.5 Å². The summed E-state index contributed by atoms with van der Waals surface area (Å²) >= 11 is 0. The second-order valence-electron chi connectivity index (χ2n) is 5.53. The number of hydrogen-bond donors (Lipinski definition) is 0. The molecule has 0 bridgehead atoms. The molecular formula is C16H19N3O2. The molecule has 1 aliphatic heterocycles. The molecule has 110 valence electrons. The number of amides is 1. The SMILES string of the molecule is CCc1noc(C2CC(=O)N(c3cccc(C)c3C)C2)n1. The van der Waals surface area contributed by atoms with Gasteiger partial charge in [0.05, 0.1) is 5.92 Å². The van der Waals surface area contributed by atoms with Crippen molar-refractivity contribution in [2.75, 3.05) is 11.4 Å². The standard InChI is InChI=1S/C16H19N3O2/c1-4-14-17-16(21-18-14)12-8-15(20)19(9-12)13-7-5-6-10(2)11(13)3/h5-7,12H,4,8-9H2,1-3H3. The lowest BCUT2D eigenvalue weighted by Gasteiger charge is -2.19. The largest absolute Gasteiger partial charge is 0.339 e. The molecule has 1 fully saturated rings. The van der Waals surface area contributed by atoms with Crippen LogP contribution in [-0.2, 0) is 11.2 Å². The molecule has 5 heteroatoms. The number of benzene rings is 1. The van der Waals surface area contributed by atoms with Crippen LogP contribution in [0.2, 0.25) is 0 Å². The van der Waals surface area contributed by atoms with Crippen LogP contribution < -0.4 is 4.90 Å². The maximum absolute atomic E-state index is 12.3. The first-order chi connectivity index (χ1) is 10.1. The minimum absolute atomic E-state index is 0.00906. The van der Waals surface area contributed by atoms with Crippen LogP contribution >= 0.6 is 0 Å². The zero-order valence-corrected chi connectivity index (χ0v) is 12.6. The van der Waals surface area contributed by atoms with E-state index in [1.54, 1.807) is 0 Å². The van der Waals surface area contributed by atoms with Crippen molar-refractivity contribution in [1.29, 1.82) is 0 Å². The normalized spacial score (nSPS) is 18.5. The number of rotatable bonds is 3. The lowest BCUT2D eigenvalue weighted by atomic mass is 10.1. The fourth-order valence-corrected chi connectivity index (χ4v) is 2.71. The number of anilines is 1. The lowest BCUT2D eigenvalue weighted by Crippen LogP contribution is -2.25. The summed E-state index contributed by atoms with van der Waals surface area (Å²) in [5, 5.41) is 3.92. The average molecular weight is 285 g/mol. The minimum Gasteiger partial charge on any atom is -0.339 e. The monoisotopic (exact) mass is 285 g/mol. The summed E-state index contributed by atoms with van der Waals surface area (Å²) in [4.78, 5) is 18.5. The van der Waals surface area contributed by atoms with Gasteiger partial charge in [0.15, 0.2) is 5.82 Å². The zero-order chi connectivity index (χ0) is 15.0. The van der Waals surface area contributed by atoms with Gasteiger partial charge in [-0.3, -0.25) is 4.79 Å². The Morgan fingerprint density at radius 2 is 2.19 bits per heavy atom. The van der Waals surface area contributed by atoms with Gasteiger partial charge < -0.3 is 9.42 Å². The number of nitrogens with zero attached hydrogens (tertiary/aromatic N) is 3. The van der Waals surface area contributed by atoms with E-state index >= 15 is 0 Å². The number of carbonyl (C=O) groups is 1. The molecule has 0 saturated carbocycles. The van der Waals surface area contributed by atoms with Crippen molar-refractivity contribution in [3.63, 3.8) is 0 Å². The Bertz CT molecular complexity index is 678. The topological polar surface area (TPSA) is 59.2 Å². The van der Waals surface area contributed by atoms with E-state index in [9.17, 15) is 4.79 Å². The highest BCUT2D eigenvalue weighted by molar-refractivity contribution is 5.97. The molecule has 0 spiro atoms. The average Bonchev–Trinajstić information content (AvgIpc) is 3.08. The van der Waals surface area contributed by atoms with Crippen molar-refractivity contribution in [3.05, 3.63) is 41.0 Å². The molecule has 21 heavy (non-hydrogen) atoms. The van der Waals surface area contributed by atoms with Crippen LogP contribution in [0.5, 0.6) is 0 Å². The molecule has 0 aliphatic carbocycles. The second kappa shape index (κ2) is 5.31. The van der Waals surface area contributed by atoms with Crippen LogP contribution in [-0.4, -0.2) is 22.6 Å². The molecule has 1 atom stereocenters. The fourth-order valence-electron chi connectivity index (χ4n) is 2.71. The van der Waals surface area contributed by atoms with Crippen molar-refractivity contribution >= 4 is 11.6 Å².